The summed E-state index contributed by atoms with van der Waals surface area (Å²) >= 11 is 0. The Kier molecular flexibility index (Phi) is 5.49. The van der Waals surface area contributed by atoms with E-state index in [1.54, 1.807) is 18.2 Å². The fraction of sp³-hybridized carbons (Fsp3) is 0.300. The summed E-state index contributed by atoms with van der Waals surface area (Å²) in [6.07, 6.45) is -1.33. The molecule has 3 N–H and O–H groups in total. The summed E-state index contributed by atoms with van der Waals surface area (Å²) in [5, 5.41) is 14.2. The predicted molar refractivity (Wildman–Crippen MR) is 103 cm³/mol. The van der Waals surface area contributed by atoms with Crippen molar-refractivity contribution in [3.63, 3.8) is 0 Å². The minimum Gasteiger partial charge on any atom is -0.484 e. The Bertz CT molecular complexity index is 825. The summed E-state index contributed by atoms with van der Waals surface area (Å²) in [7, 11) is 0. The van der Waals surface area contributed by atoms with Crippen LogP contribution in [-0.4, -0.2) is 35.8 Å². The second kappa shape index (κ2) is 7.99. The maximum absolute atomic E-state index is 11.4. The van der Waals surface area contributed by atoms with Crippen LogP contribution in [0.1, 0.15) is 19.4 Å². The number of fused-ring (bicyclic) bond motifs is 1. The average molecular weight is 369 g/mol. The fourth-order valence-electron chi connectivity index (χ4n) is 3.21. The van der Waals surface area contributed by atoms with Crippen molar-refractivity contribution in [2.75, 3.05) is 16.8 Å². The molecule has 2 atom stereocenters. The number of hydrogen-bond acceptors (Lipinski definition) is 4. The summed E-state index contributed by atoms with van der Waals surface area (Å²) in [5.74, 6) is 0.558. The van der Waals surface area contributed by atoms with E-state index in [1.165, 1.54) is 6.92 Å². The van der Waals surface area contributed by atoms with E-state index in [1.807, 2.05) is 37.3 Å². The van der Waals surface area contributed by atoms with Gasteiger partial charge in [0.25, 0.3) is 0 Å². The molecule has 0 saturated carbocycles. The smallest absolute Gasteiger partial charge is 0.409 e. The van der Waals surface area contributed by atoms with Gasteiger partial charge in [-0.2, -0.15) is 0 Å². The zero-order valence-corrected chi connectivity index (χ0v) is 15.3. The number of carbonyl (C=O) groups excluding carboxylic acids is 1. The Morgan fingerprint density at radius 3 is 2.67 bits per heavy atom. The number of amides is 2. The lowest BCUT2D eigenvalue weighted by molar-refractivity contribution is -0.120. The van der Waals surface area contributed by atoms with Crippen LogP contribution in [0.5, 0.6) is 5.75 Å². The number of benzene rings is 2. The van der Waals surface area contributed by atoms with Crippen LogP contribution < -0.4 is 20.3 Å². The number of ether oxygens (including phenoxy) is 1. The second-order valence-corrected chi connectivity index (χ2v) is 6.62. The molecular weight excluding hydrogens is 346 g/mol. The van der Waals surface area contributed by atoms with Gasteiger partial charge in [0.1, 0.15) is 11.9 Å². The third-order valence-corrected chi connectivity index (χ3v) is 4.43. The molecule has 0 aromatic heterocycles. The largest absolute Gasteiger partial charge is 0.484 e. The minimum absolute atomic E-state index is 0.104. The summed E-state index contributed by atoms with van der Waals surface area (Å²) in [6, 6.07) is 15.0. The van der Waals surface area contributed by atoms with Gasteiger partial charge in [0.05, 0.1) is 18.3 Å². The Balaban J connectivity index is 1.90. The van der Waals surface area contributed by atoms with Gasteiger partial charge in [-0.15, -0.1) is 0 Å². The first-order valence-electron chi connectivity index (χ1n) is 8.79. The molecule has 1 heterocycles. The lowest BCUT2D eigenvalue weighted by Crippen LogP contribution is -2.51. The first-order chi connectivity index (χ1) is 12.9. The van der Waals surface area contributed by atoms with Crippen LogP contribution in [-0.2, 0) is 11.3 Å². The maximum atomic E-state index is 11.4. The zero-order valence-electron chi connectivity index (χ0n) is 15.3. The number of carbonyl (C=O) groups is 2. The molecule has 0 aliphatic carbocycles. The van der Waals surface area contributed by atoms with Crippen molar-refractivity contribution in [2.24, 2.45) is 0 Å². The van der Waals surface area contributed by atoms with Crippen molar-refractivity contribution in [3.8, 4) is 5.75 Å². The average Bonchev–Trinajstić information content (AvgIpc) is 2.61. The molecule has 0 bridgehead atoms. The molecule has 142 valence electrons. The van der Waals surface area contributed by atoms with Gasteiger partial charge in [-0.05, 0) is 30.7 Å². The number of anilines is 2. The van der Waals surface area contributed by atoms with Crippen molar-refractivity contribution < 1.29 is 19.4 Å². The van der Waals surface area contributed by atoms with E-state index in [-0.39, 0.29) is 18.1 Å². The van der Waals surface area contributed by atoms with Gasteiger partial charge in [0.2, 0.25) is 5.91 Å². The molecular formula is C20H23N3O4. The molecule has 2 aromatic rings. The molecule has 3 rings (SSSR count). The summed E-state index contributed by atoms with van der Waals surface area (Å²) < 4.78 is 6.09. The molecule has 1 aliphatic rings. The van der Waals surface area contributed by atoms with Gasteiger partial charge < -0.3 is 20.1 Å². The second-order valence-electron chi connectivity index (χ2n) is 6.62. The first-order valence-corrected chi connectivity index (χ1v) is 8.79. The quantitative estimate of drug-likeness (QED) is 0.753. The van der Waals surface area contributed by atoms with E-state index in [2.05, 4.69) is 15.5 Å². The minimum atomic E-state index is -1.11. The number of nitrogens with zero attached hydrogens (tertiary/aromatic N) is 1. The number of nitrogens with one attached hydrogen (secondary N) is 2. The van der Waals surface area contributed by atoms with Gasteiger partial charge in [0, 0.05) is 19.2 Å². The third kappa shape index (κ3) is 4.69. The lowest BCUT2D eigenvalue weighted by Gasteiger charge is -2.39. The standard InChI is InChI=1S/C20H23N3O4/c1-13(21-14(2)24)19-12-23(11-15-6-4-3-5-7-15)17-10-16(22-20(25)26)8-9-18(17)27-19/h3-10,13,19,22H,11-12H2,1-2H3,(H,21,24)(H,25,26)/t13-,19-/m1/s1. The molecule has 7 nitrogen and oxygen atoms in total. The highest BCUT2D eigenvalue weighted by Crippen LogP contribution is 2.37. The molecule has 1 aliphatic heterocycles. The Morgan fingerprint density at radius 1 is 1.26 bits per heavy atom. The van der Waals surface area contributed by atoms with Crippen LogP contribution in [0.15, 0.2) is 48.5 Å². The Labute approximate surface area is 157 Å². The monoisotopic (exact) mass is 369 g/mol. The van der Waals surface area contributed by atoms with E-state index >= 15 is 0 Å². The lowest BCUT2D eigenvalue weighted by atomic mass is 10.1. The molecule has 0 saturated heterocycles. The molecule has 0 fully saturated rings. The van der Waals surface area contributed by atoms with Gasteiger partial charge in [-0.25, -0.2) is 4.79 Å². The number of hydrogen-bond donors (Lipinski definition) is 3. The molecule has 2 aromatic carbocycles. The zero-order chi connectivity index (χ0) is 19.4. The van der Waals surface area contributed by atoms with Crippen molar-refractivity contribution >= 4 is 23.4 Å². The first kappa shape index (κ1) is 18.6. The maximum Gasteiger partial charge on any atom is 0.409 e. The van der Waals surface area contributed by atoms with Crippen LogP contribution in [0.3, 0.4) is 0 Å². The van der Waals surface area contributed by atoms with Crippen LogP contribution in [0.25, 0.3) is 0 Å². The van der Waals surface area contributed by atoms with Crippen LogP contribution in [0.4, 0.5) is 16.2 Å². The van der Waals surface area contributed by atoms with Gasteiger partial charge in [-0.1, -0.05) is 30.3 Å². The highest BCUT2D eigenvalue weighted by Gasteiger charge is 2.30. The van der Waals surface area contributed by atoms with Crippen molar-refractivity contribution in [3.05, 3.63) is 54.1 Å². The van der Waals surface area contributed by atoms with Crippen molar-refractivity contribution in [1.29, 1.82) is 0 Å². The molecule has 7 heteroatoms. The topological polar surface area (TPSA) is 90.9 Å². The summed E-state index contributed by atoms with van der Waals surface area (Å²) in [6.45, 7) is 4.62. The van der Waals surface area contributed by atoms with Crippen LogP contribution in [0, 0.1) is 0 Å². The normalized spacial score (nSPS) is 16.7. The molecule has 0 radical (unpaired) electrons. The third-order valence-electron chi connectivity index (χ3n) is 4.43. The van der Waals surface area contributed by atoms with Crippen LogP contribution >= 0.6 is 0 Å². The number of rotatable bonds is 5. The SMILES string of the molecule is CC(=O)N[C@H](C)[C@H]1CN(Cc2ccccc2)c2cc(NC(=O)O)ccc2O1. The molecule has 27 heavy (non-hydrogen) atoms. The highest BCUT2D eigenvalue weighted by atomic mass is 16.5. The number of carboxylic acid groups (broad SMARTS) is 1. The van der Waals surface area contributed by atoms with E-state index in [4.69, 9.17) is 9.84 Å². The summed E-state index contributed by atoms with van der Waals surface area (Å²) in [4.78, 5) is 24.5. The van der Waals surface area contributed by atoms with Gasteiger partial charge >= 0.3 is 6.09 Å². The van der Waals surface area contributed by atoms with Crippen molar-refractivity contribution in [1.82, 2.24) is 5.32 Å². The van der Waals surface area contributed by atoms with E-state index < -0.39 is 6.09 Å². The Hall–Kier alpha value is -3.22. The fourth-order valence-corrected chi connectivity index (χ4v) is 3.21. The summed E-state index contributed by atoms with van der Waals surface area (Å²) in [5.41, 5.74) is 2.43. The molecule has 0 spiro atoms. The Morgan fingerprint density at radius 2 is 2.00 bits per heavy atom. The van der Waals surface area contributed by atoms with Gasteiger partial charge in [0.15, 0.2) is 0 Å². The van der Waals surface area contributed by atoms with Crippen LogP contribution in [0.2, 0.25) is 0 Å². The van der Waals surface area contributed by atoms with E-state index in [0.717, 1.165) is 11.3 Å². The molecule has 0 unspecified atom stereocenters. The van der Waals surface area contributed by atoms with E-state index in [0.29, 0.717) is 24.5 Å². The van der Waals surface area contributed by atoms with Gasteiger partial charge in [-0.3, -0.25) is 10.1 Å². The van der Waals surface area contributed by atoms with E-state index in [9.17, 15) is 9.59 Å². The molecule has 2 amide bonds. The predicted octanol–water partition coefficient (Wildman–Crippen LogP) is 3.07. The van der Waals surface area contributed by atoms with Crippen molar-refractivity contribution in [2.45, 2.75) is 32.5 Å². The highest BCUT2D eigenvalue weighted by molar-refractivity contribution is 5.84.